The van der Waals surface area contributed by atoms with E-state index in [1.807, 2.05) is 18.2 Å². The molecule has 0 spiro atoms. The summed E-state index contributed by atoms with van der Waals surface area (Å²) in [4.78, 5) is 1.19. The van der Waals surface area contributed by atoms with Gasteiger partial charge in [0.25, 0.3) is 0 Å². The lowest BCUT2D eigenvalue weighted by Gasteiger charge is -2.18. The first kappa shape index (κ1) is 16.8. The minimum Gasteiger partial charge on any atom is -0.488 e. The maximum atomic E-state index is 6.13. The molecular weight excluding hydrogens is 370 g/mol. The molecule has 1 heterocycles. The molecule has 21 heavy (non-hydrogen) atoms. The maximum absolute atomic E-state index is 6.13. The average molecular weight is 389 g/mol. The molecule has 1 unspecified atom stereocenters. The summed E-state index contributed by atoms with van der Waals surface area (Å²) in [5, 5.41) is 6.27. The molecule has 2 nitrogen and oxygen atoms in total. The molecule has 114 valence electrons. The van der Waals surface area contributed by atoms with Crippen LogP contribution in [-0.4, -0.2) is 6.54 Å². The molecule has 0 saturated carbocycles. The van der Waals surface area contributed by atoms with Crippen molar-refractivity contribution in [3.05, 3.63) is 49.6 Å². The molecule has 0 aliphatic rings. The molecule has 2 rings (SSSR count). The quantitative estimate of drug-likeness (QED) is 0.647. The second-order valence-corrected chi connectivity index (χ2v) is 7.23. The Labute approximate surface area is 143 Å². The third-order valence-electron chi connectivity index (χ3n) is 3.13. The van der Waals surface area contributed by atoms with Gasteiger partial charge in [0, 0.05) is 31.4 Å². The molecule has 0 aliphatic heterocycles. The molecule has 0 amide bonds. The molecular formula is C16H19BrClNOS. The zero-order valence-electron chi connectivity index (χ0n) is 12.2. The summed E-state index contributed by atoms with van der Waals surface area (Å²) in [6.45, 7) is 5.84. The third kappa shape index (κ3) is 4.99. The van der Waals surface area contributed by atoms with Gasteiger partial charge < -0.3 is 10.1 Å². The molecule has 0 aliphatic carbocycles. The van der Waals surface area contributed by atoms with Crippen LogP contribution in [0.2, 0.25) is 5.02 Å². The van der Waals surface area contributed by atoms with Gasteiger partial charge in [0.05, 0.1) is 0 Å². The lowest BCUT2D eigenvalue weighted by molar-refractivity contribution is 0.303. The highest BCUT2D eigenvalue weighted by atomic mass is 79.9. The van der Waals surface area contributed by atoms with Crippen LogP contribution in [0.5, 0.6) is 5.75 Å². The van der Waals surface area contributed by atoms with Crippen LogP contribution in [0.3, 0.4) is 0 Å². The van der Waals surface area contributed by atoms with E-state index < -0.39 is 0 Å². The first-order valence-electron chi connectivity index (χ1n) is 6.98. The number of hydrogen-bond acceptors (Lipinski definition) is 3. The highest BCUT2D eigenvalue weighted by Gasteiger charge is 2.12. The minimum atomic E-state index is 0.216. The average Bonchev–Trinajstić information content (AvgIpc) is 2.89. The topological polar surface area (TPSA) is 21.3 Å². The van der Waals surface area contributed by atoms with E-state index in [4.69, 9.17) is 16.3 Å². The molecule has 0 fully saturated rings. The standard InChI is InChI=1S/C16H19BrClNOS/c1-3-6-19-11(2)15-8-13(18)4-5-16(15)20-9-14-7-12(17)10-21-14/h4-5,7-8,10-11,19H,3,6,9H2,1-2H3. The van der Waals surface area contributed by atoms with Crippen molar-refractivity contribution in [2.75, 3.05) is 6.54 Å². The van der Waals surface area contributed by atoms with E-state index in [9.17, 15) is 0 Å². The third-order valence-corrected chi connectivity index (χ3v) is 5.04. The summed E-state index contributed by atoms with van der Waals surface area (Å²) in [5.74, 6) is 0.889. The Morgan fingerprint density at radius 2 is 2.19 bits per heavy atom. The van der Waals surface area contributed by atoms with Gasteiger partial charge >= 0.3 is 0 Å². The van der Waals surface area contributed by atoms with Crippen molar-refractivity contribution in [3.63, 3.8) is 0 Å². The molecule has 0 saturated heterocycles. The molecule has 1 aromatic heterocycles. The summed E-state index contributed by atoms with van der Waals surface area (Å²) < 4.78 is 7.08. The van der Waals surface area contributed by atoms with Crippen molar-refractivity contribution >= 4 is 38.9 Å². The number of hydrogen-bond donors (Lipinski definition) is 1. The van der Waals surface area contributed by atoms with Gasteiger partial charge in [-0.2, -0.15) is 0 Å². The number of thiophene rings is 1. The van der Waals surface area contributed by atoms with Crippen LogP contribution in [0.4, 0.5) is 0 Å². The smallest absolute Gasteiger partial charge is 0.124 e. The molecule has 0 radical (unpaired) electrons. The predicted octanol–water partition coefficient (Wildman–Crippen LogP) is 5.80. The van der Waals surface area contributed by atoms with Crippen LogP contribution in [0.25, 0.3) is 0 Å². The Balaban J connectivity index is 2.10. The van der Waals surface area contributed by atoms with Gasteiger partial charge in [0.15, 0.2) is 0 Å². The van der Waals surface area contributed by atoms with Crippen LogP contribution < -0.4 is 10.1 Å². The molecule has 0 bridgehead atoms. The van der Waals surface area contributed by atoms with Gasteiger partial charge in [-0.15, -0.1) is 11.3 Å². The predicted molar refractivity (Wildman–Crippen MR) is 94.5 cm³/mol. The zero-order chi connectivity index (χ0) is 15.2. The Morgan fingerprint density at radius 3 is 2.86 bits per heavy atom. The van der Waals surface area contributed by atoms with Crippen LogP contribution in [0, 0.1) is 0 Å². The van der Waals surface area contributed by atoms with Gasteiger partial charge in [0.2, 0.25) is 0 Å². The summed E-state index contributed by atoms with van der Waals surface area (Å²) in [6.07, 6.45) is 1.10. The minimum absolute atomic E-state index is 0.216. The first-order valence-corrected chi connectivity index (χ1v) is 9.03. The van der Waals surface area contributed by atoms with E-state index in [1.165, 1.54) is 4.88 Å². The maximum Gasteiger partial charge on any atom is 0.124 e. The largest absolute Gasteiger partial charge is 0.488 e. The van der Waals surface area contributed by atoms with E-state index in [2.05, 4.69) is 46.5 Å². The van der Waals surface area contributed by atoms with Crippen LogP contribution >= 0.6 is 38.9 Å². The molecule has 1 atom stereocenters. The van der Waals surface area contributed by atoms with Crippen molar-refractivity contribution in [1.82, 2.24) is 5.32 Å². The fourth-order valence-electron chi connectivity index (χ4n) is 2.04. The van der Waals surface area contributed by atoms with Crippen molar-refractivity contribution < 1.29 is 4.74 Å². The van der Waals surface area contributed by atoms with Crippen LogP contribution in [-0.2, 0) is 6.61 Å². The Morgan fingerprint density at radius 1 is 1.38 bits per heavy atom. The van der Waals surface area contributed by atoms with E-state index >= 15 is 0 Å². The Hall–Kier alpha value is -0.550. The molecule has 2 aromatic rings. The van der Waals surface area contributed by atoms with E-state index in [0.29, 0.717) is 6.61 Å². The van der Waals surface area contributed by atoms with Gasteiger partial charge in [-0.3, -0.25) is 0 Å². The first-order chi connectivity index (χ1) is 10.1. The highest BCUT2D eigenvalue weighted by Crippen LogP contribution is 2.30. The van der Waals surface area contributed by atoms with E-state index in [1.54, 1.807) is 11.3 Å². The normalized spacial score (nSPS) is 12.4. The van der Waals surface area contributed by atoms with Gasteiger partial charge in [-0.25, -0.2) is 0 Å². The van der Waals surface area contributed by atoms with Gasteiger partial charge in [0.1, 0.15) is 12.4 Å². The second kappa shape index (κ2) is 8.18. The number of rotatable bonds is 7. The number of benzene rings is 1. The number of halogens is 2. The van der Waals surface area contributed by atoms with Gasteiger partial charge in [-0.05, 0) is 60.1 Å². The van der Waals surface area contributed by atoms with Crippen LogP contribution in [0.1, 0.15) is 36.8 Å². The summed E-state index contributed by atoms with van der Waals surface area (Å²) in [5.41, 5.74) is 1.10. The fraction of sp³-hybridized carbons (Fsp3) is 0.375. The monoisotopic (exact) mass is 387 g/mol. The second-order valence-electron chi connectivity index (χ2n) is 4.88. The highest BCUT2D eigenvalue weighted by molar-refractivity contribution is 9.10. The summed E-state index contributed by atoms with van der Waals surface area (Å²) >= 11 is 11.3. The number of nitrogens with one attached hydrogen (secondary N) is 1. The van der Waals surface area contributed by atoms with E-state index in [0.717, 1.165) is 33.8 Å². The van der Waals surface area contributed by atoms with Crippen molar-refractivity contribution in [2.24, 2.45) is 0 Å². The van der Waals surface area contributed by atoms with Crippen LogP contribution in [0.15, 0.2) is 34.1 Å². The van der Waals surface area contributed by atoms with Crippen molar-refractivity contribution in [3.8, 4) is 5.75 Å². The van der Waals surface area contributed by atoms with Crippen molar-refractivity contribution in [1.29, 1.82) is 0 Å². The molecule has 1 N–H and O–H groups in total. The lowest BCUT2D eigenvalue weighted by Crippen LogP contribution is -2.20. The fourth-order valence-corrected chi connectivity index (χ4v) is 3.58. The molecule has 5 heteroatoms. The Kier molecular flexibility index (Phi) is 6.55. The number of ether oxygens (including phenoxy) is 1. The summed E-state index contributed by atoms with van der Waals surface area (Å²) in [6, 6.07) is 8.10. The zero-order valence-corrected chi connectivity index (χ0v) is 15.3. The van der Waals surface area contributed by atoms with Gasteiger partial charge in [-0.1, -0.05) is 18.5 Å². The lowest BCUT2D eigenvalue weighted by atomic mass is 10.1. The SMILES string of the molecule is CCCNC(C)c1cc(Cl)ccc1OCc1cc(Br)cs1. The Bertz CT molecular complexity index is 587. The van der Waals surface area contributed by atoms with E-state index in [-0.39, 0.29) is 6.04 Å². The molecule has 1 aromatic carbocycles. The van der Waals surface area contributed by atoms with Crippen molar-refractivity contribution in [2.45, 2.75) is 32.9 Å². The summed E-state index contributed by atoms with van der Waals surface area (Å²) in [7, 11) is 0.